The zero-order chi connectivity index (χ0) is 27.9. The van der Waals surface area contributed by atoms with E-state index in [1.165, 1.54) is 27.4 Å². The van der Waals surface area contributed by atoms with Gasteiger partial charge in [0.2, 0.25) is 0 Å². The second kappa shape index (κ2) is 12.8. The maximum Gasteiger partial charge on any atom is 0.419 e. The molecule has 0 aromatic heterocycles. The Bertz CT molecular complexity index is 1220. The Labute approximate surface area is 218 Å². The maximum absolute atomic E-state index is 13.7. The average molecular weight is 535 g/mol. The summed E-state index contributed by atoms with van der Waals surface area (Å²) >= 11 is 0. The molecule has 7 nitrogen and oxygen atoms in total. The van der Waals surface area contributed by atoms with Crippen molar-refractivity contribution in [2.45, 2.75) is 31.9 Å². The molecule has 10 heteroatoms. The van der Waals surface area contributed by atoms with E-state index in [-0.39, 0.29) is 12.2 Å². The number of carboxylic acids is 1. The number of benzene rings is 3. The summed E-state index contributed by atoms with van der Waals surface area (Å²) in [5.74, 6) is -1.54. The van der Waals surface area contributed by atoms with Crippen molar-refractivity contribution in [2.75, 3.05) is 28.1 Å². The van der Waals surface area contributed by atoms with Gasteiger partial charge in [0.25, 0.3) is 0 Å². The second-order valence-corrected chi connectivity index (χ2v) is 8.37. The van der Waals surface area contributed by atoms with E-state index in [0.29, 0.717) is 16.9 Å². The zero-order valence-electron chi connectivity index (χ0n) is 21.4. The molecule has 0 fully saturated rings. The minimum absolute atomic E-state index is 0.0443. The first-order valence-corrected chi connectivity index (χ1v) is 11.6. The fraction of sp³-hybridized carbons (Fsp3) is 0.321. The summed E-state index contributed by atoms with van der Waals surface area (Å²) in [7, 11) is 3.92. The summed E-state index contributed by atoms with van der Waals surface area (Å²) in [4.78, 5) is 11.3. The van der Waals surface area contributed by atoms with Crippen LogP contribution in [0.2, 0.25) is 0 Å². The molecule has 3 rings (SSSR count). The summed E-state index contributed by atoms with van der Waals surface area (Å²) in [5, 5.41) is 9.28. The first-order chi connectivity index (χ1) is 18.1. The molecule has 3 aromatic rings. The summed E-state index contributed by atoms with van der Waals surface area (Å²) in [5.41, 5.74) is 1.80. The number of halogens is 3. The zero-order valence-corrected chi connectivity index (χ0v) is 21.4. The van der Waals surface area contributed by atoms with Gasteiger partial charge in [-0.05, 0) is 41.8 Å². The highest BCUT2D eigenvalue weighted by Crippen LogP contribution is 2.43. The number of alkyl halides is 3. The van der Waals surface area contributed by atoms with E-state index in [1.807, 2.05) is 24.3 Å². The van der Waals surface area contributed by atoms with Crippen LogP contribution in [0.25, 0.3) is 11.1 Å². The Balaban J connectivity index is 1.88. The van der Waals surface area contributed by atoms with Crippen molar-refractivity contribution >= 4 is 5.97 Å². The van der Waals surface area contributed by atoms with Gasteiger partial charge in [-0.25, -0.2) is 0 Å². The van der Waals surface area contributed by atoms with Gasteiger partial charge < -0.3 is 28.8 Å². The molecule has 0 aliphatic carbocycles. The largest absolute Gasteiger partial charge is 0.489 e. The van der Waals surface area contributed by atoms with Crippen molar-refractivity contribution in [3.05, 3.63) is 82.9 Å². The van der Waals surface area contributed by atoms with Crippen LogP contribution < -0.4 is 9.47 Å². The van der Waals surface area contributed by atoms with Gasteiger partial charge in [-0.1, -0.05) is 42.5 Å². The van der Waals surface area contributed by atoms with Crippen LogP contribution in [0.15, 0.2) is 60.7 Å². The Kier molecular flexibility index (Phi) is 9.73. The topological polar surface area (TPSA) is 83.5 Å². The van der Waals surface area contributed by atoms with Crippen molar-refractivity contribution in [3.8, 4) is 22.6 Å². The molecule has 0 saturated carbocycles. The molecule has 1 unspecified atom stereocenters. The van der Waals surface area contributed by atoms with Gasteiger partial charge in [-0.2, -0.15) is 13.2 Å². The molecule has 0 bridgehead atoms. The highest BCUT2D eigenvalue weighted by Gasteiger charge is 2.38. The van der Waals surface area contributed by atoms with E-state index in [4.69, 9.17) is 23.7 Å². The monoisotopic (exact) mass is 534 g/mol. The molecule has 3 aromatic carbocycles. The van der Waals surface area contributed by atoms with E-state index in [9.17, 15) is 23.1 Å². The number of hydrogen-bond donors (Lipinski definition) is 1. The van der Waals surface area contributed by atoms with Crippen LogP contribution >= 0.6 is 0 Å². The van der Waals surface area contributed by atoms with Gasteiger partial charge in [-0.15, -0.1) is 0 Å². The number of hydrogen-bond acceptors (Lipinski definition) is 6. The van der Waals surface area contributed by atoms with Gasteiger partial charge in [0.05, 0.1) is 17.0 Å². The molecule has 0 spiro atoms. The fourth-order valence-corrected chi connectivity index (χ4v) is 3.89. The van der Waals surface area contributed by atoms with Crippen LogP contribution in [0, 0.1) is 0 Å². The van der Waals surface area contributed by atoms with E-state index in [2.05, 4.69) is 0 Å². The molecule has 0 radical (unpaired) electrons. The summed E-state index contributed by atoms with van der Waals surface area (Å²) < 4.78 is 67.8. The first-order valence-electron chi connectivity index (χ1n) is 11.6. The van der Waals surface area contributed by atoms with Crippen LogP contribution in [0.3, 0.4) is 0 Å². The molecule has 0 saturated heterocycles. The van der Waals surface area contributed by atoms with E-state index in [0.717, 1.165) is 17.2 Å². The van der Waals surface area contributed by atoms with Crippen LogP contribution in [-0.4, -0.2) is 39.2 Å². The molecule has 0 amide bonds. The highest BCUT2D eigenvalue weighted by molar-refractivity contribution is 5.76. The molecule has 204 valence electrons. The molecule has 1 atom stereocenters. The minimum atomic E-state index is -4.68. The third-order valence-electron chi connectivity index (χ3n) is 5.92. The Morgan fingerprint density at radius 3 is 2.18 bits per heavy atom. The smallest absolute Gasteiger partial charge is 0.419 e. The van der Waals surface area contributed by atoms with E-state index < -0.39 is 42.5 Å². The van der Waals surface area contributed by atoms with Gasteiger partial charge >= 0.3 is 12.1 Å². The standard InChI is InChI=1S/C28H29F3O7/c1-17(26(32)33)19-6-5-7-20(14-19)18-8-11-22(12-9-18)37-15-21-10-13-23(28(29,30)31)25(38-16-34-2)24(21)27(35-3)36-4/h5-14,17,27H,15-16H2,1-4H3,(H,32,33). The number of carbonyl (C=O) groups is 1. The number of rotatable bonds is 12. The Hall–Kier alpha value is -3.60. The van der Waals surface area contributed by atoms with Gasteiger partial charge in [0.1, 0.15) is 18.1 Å². The van der Waals surface area contributed by atoms with E-state index in [1.54, 1.807) is 31.2 Å². The number of carboxylic acid groups (broad SMARTS) is 1. The van der Waals surface area contributed by atoms with Crippen LogP contribution in [0.1, 0.15) is 41.4 Å². The van der Waals surface area contributed by atoms with Crippen LogP contribution in [0.4, 0.5) is 13.2 Å². The number of aliphatic carboxylic acids is 1. The molecule has 38 heavy (non-hydrogen) atoms. The SMILES string of the molecule is COCOc1c(C(F)(F)F)ccc(COc2ccc(-c3cccc(C(C)C(=O)O)c3)cc2)c1C(OC)OC. The lowest BCUT2D eigenvalue weighted by atomic mass is 9.96. The van der Waals surface area contributed by atoms with Crippen molar-refractivity contribution in [3.63, 3.8) is 0 Å². The summed E-state index contributed by atoms with van der Waals surface area (Å²) in [6, 6.07) is 16.5. The van der Waals surface area contributed by atoms with Gasteiger partial charge in [0.15, 0.2) is 13.1 Å². The van der Waals surface area contributed by atoms with Crippen molar-refractivity contribution in [1.29, 1.82) is 0 Å². The molecular weight excluding hydrogens is 505 g/mol. The molecule has 0 aliphatic heterocycles. The Morgan fingerprint density at radius 1 is 0.921 bits per heavy atom. The minimum Gasteiger partial charge on any atom is -0.489 e. The lowest BCUT2D eigenvalue weighted by Crippen LogP contribution is -2.17. The van der Waals surface area contributed by atoms with Gasteiger partial charge in [0, 0.05) is 26.9 Å². The fourth-order valence-electron chi connectivity index (χ4n) is 3.89. The van der Waals surface area contributed by atoms with Crippen LogP contribution in [-0.2, 0) is 31.8 Å². The van der Waals surface area contributed by atoms with Crippen molar-refractivity contribution in [2.24, 2.45) is 0 Å². The maximum atomic E-state index is 13.7. The van der Waals surface area contributed by atoms with Gasteiger partial charge in [-0.3, -0.25) is 4.79 Å². The lowest BCUT2D eigenvalue weighted by molar-refractivity contribution is -0.141. The summed E-state index contributed by atoms with van der Waals surface area (Å²) in [6.07, 6.45) is -5.83. The quantitative estimate of drug-likeness (QED) is 0.269. The molecular formula is C28H29F3O7. The predicted molar refractivity (Wildman–Crippen MR) is 133 cm³/mol. The van der Waals surface area contributed by atoms with Crippen LogP contribution in [0.5, 0.6) is 11.5 Å². The normalized spacial score (nSPS) is 12.4. The van der Waals surface area contributed by atoms with Crippen molar-refractivity contribution in [1.82, 2.24) is 0 Å². The number of methoxy groups -OCH3 is 3. The van der Waals surface area contributed by atoms with Crippen molar-refractivity contribution < 1.29 is 46.8 Å². The number of ether oxygens (including phenoxy) is 5. The molecule has 1 N–H and O–H groups in total. The lowest BCUT2D eigenvalue weighted by Gasteiger charge is -2.24. The summed E-state index contributed by atoms with van der Waals surface area (Å²) in [6.45, 7) is 1.12. The molecule has 0 heterocycles. The molecule has 0 aliphatic rings. The average Bonchev–Trinajstić information content (AvgIpc) is 2.91. The first kappa shape index (κ1) is 29.0. The predicted octanol–water partition coefficient (Wildman–Crippen LogP) is 6.41. The van der Waals surface area contributed by atoms with E-state index >= 15 is 0 Å². The third-order valence-corrected chi connectivity index (χ3v) is 5.92. The third kappa shape index (κ3) is 6.83. The second-order valence-electron chi connectivity index (χ2n) is 8.37. The highest BCUT2D eigenvalue weighted by atomic mass is 19.4. The Morgan fingerprint density at radius 2 is 1.61 bits per heavy atom.